The third-order valence-corrected chi connectivity index (χ3v) is 6.62. The number of nitrogens with one attached hydrogen (secondary N) is 2. The SMILES string of the molecule is CCOc1ccc(S(=O)(=O)Nc2ccc(C(=O)OCC(=O)c3[nH]c(C)c(C(C)=O)c3C)cc2)cc1. The van der Waals surface area contributed by atoms with Crippen LogP contribution in [-0.2, 0) is 14.8 Å². The molecular formula is C25H26N2O7S. The van der Waals surface area contributed by atoms with E-state index in [4.69, 9.17) is 9.47 Å². The van der Waals surface area contributed by atoms with Crippen molar-refractivity contribution >= 4 is 33.2 Å². The maximum atomic E-state index is 12.6. The molecule has 1 heterocycles. The van der Waals surface area contributed by atoms with Crippen LogP contribution in [-0.4, -0.2) is 44.2 Å². The summed E-state index contributed by atoms with van der Waals surface area (Å²) in [5, 5.41) is 0. The maximum Gasteiger partial charge on any atom is 0.338 e. The zero-order valence-electron chi connectivity index (χ0n) is 19.8. The van der Waals surface area contributed by atoms with Crippen molar-refractivity contribution in [2.24, 2.45) is 0 Å². The van der Waals surface area contributed by atoms with Crippen molar-refractivity contribution in [3.05, 3.63) is 76.6 Å². The van der Waals surface area contributed by atoms with Crippen LogP contribution in [0.5, 0.6) is 5.75 Å². The average molecular weight is 499 g/mol. The van der Waals surface area contributed by atoms with Crippen molar-refractivity contribution in [2.75, 3.05) is 17.9 Å². The minimum Gasteiger partial charge on any atom is -0.494 e. The van der Waals surface area contributed by atoms with Gasteiger partial charge in [0, 0.05) is 16.9 Å². The van der Waals surface area contributed by atoms with Crippen LogP contribution in [0.1, 0.15) is 56.3 Å². The highest BCUT2D eigenvalue weighted by atomic mass is 32.2. The second kappa shape index (κ2) is 10.6. The second-order valence-electron chi connectivity index (χ2n) is 7.77. The normalized spacial score (nSPS) is 11.1. The lowest BCUT2D eigenvalue weighted by atomic mass is 10.1. The number of hydrogen-bond acceptors (Lipinski definition) is 7. The topological polar surface area (TPSA) is 132 Å². The molecule has 2 N–H and O–H groups in total. The third kappa shape index (κ3) is 5.96. The van der Waals surface area contributed by atoms with Gasteiger partial charge in [-0.05, 0) is 81.8 Å². The van der Waals surface area contributed by atoms with Crippen molar-refractivity contribution in [2.45, 2.75) is 32.6 Å². The Morgan fingerprint density at radius 2 is 1.60 bits per heavy atom. The van der Waals surface area contributed by atoms with Crippen LogP contribution in [0.3, 0.4) is 0 Å². The number of rotatable bonds is 10. The van der Waals surface area contributed by atoms with Gasteiger partial charge in [0.1, 0.15) is 5.75 Å². The van der Waals surface area contributed by atoms with Crippen LogP contribution in [0.15, 0.2) is 53.4 Å². The molecule has 35 heavy (non-hydrogen) atoms. The first-order valence-electron chi connectivity index (χ1n) is 10.8. The summed E-state index contributed by atoms with van der Waals surface area (Å²) >= 11 is 0. The number of H-pyrrole nitrogens is 1. The molecule has 0 fully saturated rings. The van der Waals surface area contributed by atoms with E-state index in [1.165, 1.54) is 43.3 Å². The lowest BCUT2D eigenvalue weighted by molar-refractivity contribution is 0.0473. The van der Waals surface area contributed by atoms with Gasteiger partial charge >= 0.3 is 5.97 Å². The molecule has 3 rings (SSSR count). The van der Waals surface area contributed by atoms with E-state index in [1.807, 2.05) is 6.92 Å². The minimum atomic E-state index is -3.84. The first-order chi connectivity index (χ1) is 16.5. The van der Waals surface area contributed by atoms with Gasteiger partial charge in [0.05, 0.1) is 22.8 Å². The number of sulfonamides is 1. The Hall–Kier alpha value is -3.92. The van der Waals surface area contributed by atoms with E-state index in [0.717, 1.165) is 0 Å². The van der Waals surface area contributed by atoms with Crippen molar-refractivity contribution in [1.82, 2.24) is 4.98 Å². The van der Waals surface area contributed by atoms with E-state index >= 15 is 0 Å². The number of Topliss-reactive ketones (excluding diaryl/α,β-unsaturated/α-hetero) is 2. The first-order valence-corrected chi connectivity index (χ1v) is 12.3. The fraction of sp³-hybridized carbons (Fsp3) is 0.240. The van der Waals surface area contributed by atoms with Gasteiger partial charge in [-0.1, -0.05) is 0 Å². The predicted molar refractivity (Wildman–Crippen MR) is 130 cm³/mol. The minimum absolute atomic E-state index is 0.0609. The lowest BCUT2D eigenvalue weighted by Gasteiger charge is -2.10. The van der Waals surface area contributed by atoms with Gasteiger partial charge in [0.25, 0.3) is 10.0 Å². The van der Waals surface area contributed by atoms with Gasteiger partial charge in [-0.25, -0.2) is 13.2 Å². The number of ether oxygens (including phenoxy) is 2. The highest BCUT2D eigenvalue weighted by Crippen LogP contribution is 2.21. The molecule has 10 heteroatoms. The van der Waals surface area contributed by atoms with Crippen molar-refractivity contribution in [1.29, 1.82) is 0 Å². The van der Waals surface area contributed by atoms with Crippen molar-refractivity contribution in [3.63, 3.8) is 0 Å². The summed E-state index contributed by atoms with van der Waals surface area (Å²) in [5.74, 6) is -0.808. The third-order valence-electron chi connectivity index (χ3n) is 5.22. The molecule has 9 nitrogen and oxygen atoms in total. The molecule has 0 atom stereocenters. The Morgan fingerprint density at radius 3 is 2.14 bits per heavy atom. The van der Waals surface area contributed by atoms with E-state index < -0.39 is 28.4 Å². The number of aromatic amines is 1. The molecule has 0 saturated heterocycles. The number of carbonyl (C=O) groups is 3. The Morgan fingerprint density at radius 1 is 0.971 bits per heavy atom. The highest BCUT2D eigenvalue weighted by molar-refractivity contribution is 7.92. The zero-order chi connectivity index (χ0) is 25.8. The van der Waals surface area contributed by atoms with Crippen LogP contribution in [0, 0.1) is 13.8 Å². The van der Waals surface area contributed by atoms with E-state index in [1.54, 1.807) is 26.0 Å². The molecule has 1 aromatic heterocycles. The summed E-state index contributed by atoms with van der Waals surface area (Å²) in [5.41, 5.74) is 2.15. The summed E-state index contributed by atoms with van der Waals surface area (Å²) in [4.78, 5) is 39.5. The fourth-order valence-electron chi connectivity index (χ4n) is 3.61. The number of ketones is 2. The lowest BCUT2D eigenvalue weighted by Crippen LogP contribution is -2.16. The van der Waals surface area contributed by atoms with E-state index in [9.17, 15) is 22.8 Å². The molecule has 0 amide bonds. The molecule has 0 aliphatic carbocycles. The summed E-state index contributed by atoms with van der Waals surface area (Å²) in [6, 6.07) is 11.6. The maximum absolute atomic E-state index is 12.6. The van der Waals surface area contributed by atoms with Crippen LogP contribution in [0.4, 0.5) is 5.69 Å². The van der Waals surface area contributed by atoms with Crippen LogP contribution < -0.4 is 9.46 Å². The fourth-order valence-corrected chi connectivity index (χ4v) is 4.67. The van der Waals surface area contributed by atoms with E-state index in [2.05, 4.69) is 9.71 Å². The van der Waals surface area contributed by atoms with Crippen molar-refractivity contribution < 1.29 is 32.3 Å². The van der Waals surface area contributed by atoms with Gasteiger partial charge in [0.2, 0.25) is 5.78 Å². The van der Waals surface area contributed by atoms with Gasteiger partial charge < -0.3 is 14.5 Å². The Balaban J connectivity index is 1.62. The molecule has 0 saturated carbocycles. The molecular weight excluding hydrogens is 472 g/mol. The number of hydrogen-bond donors (Lipinski definition) is 2. The van der Waals surface area contributed by atoms with E-state index in [-0.39, 0.29) is 27.6 Å². The first kappa shape index (κ1) is 25.7. The Labute approximate surface area is 203 Å². The number of carbonyl (C=O) groups excluding carboxylic acids is 3. The van der Waals surface area contributed by atoms with Gasteiger partial charge in [-0.3, -0.25) is 14.3 Å². The highest BCUT2D eigenvalue weighted by Gasteiger charge is 2.21. The molecule has 184 valence electrons. The molecule has 0 unspecified atom stereocenters. The Bertz CT molecular complexity index is 1360. The number of anilines is 1. The molecule has 0 aliphatic heterocycles. The largest absolute Gasteiger partial charge is 0.494 e. The number of esters is 1. The average Bonchev–Trinajstić information content (AvgIpc) is 3.12. The zero-order valence-corrected chi connectivity index (χ0v) is 20.6. The molecule has 0 spiro atoms. The molecule has 2 aromatic carbocycles. The summed E-state index contributed by atoms with van der Waals surface area (Å²) < 4.78 is 38.0. The second-order valence-corrected chi connectivity index (χ2v) is 9.45. The molecule has 3 aromatic rings. The summed E-state index contributed by atoms with van der Waals surface area (Å²) in [7, 11) is -3.84. The number of aryl methyl sites for hydroxylation is 1. The van der Waals surface area contributed by atoms with Crippen LogP contribution >= 0.6 is 0 Å². The molecule has 0 radical (unpaired) electrons. The van der Waals surface area contributed by atoms with Gasteiger partial charge in [0.15, 0.2) is 12.4 Å². The van der Waals surface area contributed by atoms with Crippen LogP contribution in [0.25, 0.3) is 0 Å². The smallest absolute Gasteiger partial charge is 0.338 e. The molecule has 0 bridgehead atoms. The summed E-state index contributed by atoms with van der Waals surface area (Å²) in [6.45, 7) is 6.56. The van der Waals surface area contributed by atoms with Gasteiger partial charge in [-0.15, -0.1) is 0 Å². The van der Waals surface area contributed by atoms with E-state index in [0.29, 0.717) is 29.2 Å². The quantitative estimate of drug-likeness (QED) is 0.318. The monoisotopic (exact) mass is 498 g/mol. The summed E-state index contributed by atoms with van der Waals surface area (Å²) in [6.07, 6.45) is 0. The number of benzene rings is 2. The standard InChI is InChI=1S/C25H26N2O7S/c1-5-33-20-10-12-21(13-11-20)35(31,32)27-19-8-6-18(7-9-19)25(30)34-14-22(29)24-15(2)23(17(4)28)16(3)26-24/h6-13,26-27H,5,14H2,1-4H3. The predicted octanol–water partition coefficient (Wildman–Crippen LogP) is 4.07. The van der Waals surface area contributed by atoms with Crippen LogP contribution in [0.2, 0.25) is 0 Å². The van der Waals surface area contributed by atoms with Gasteiger partial charge in [-0.2, -0.15) is 0 Å². The number of aromatic nitrogens is 1. The molecule has 0 aliphatic rings. The Kier molecular flexibility index (Phi) is 7.75. The van der Waals surface area contributed by atoms with Crippen molar-refractivity contribution in [3.8, 4) is 5.75 Å².